The monoisotopic (exact) mass is 254 g/mol. The van der Waals surface area contributed by atoms with Gasteiger partial charge in [-0.2, -0.15) is 0 Å². The summed E-state index contributed by atoms with van der Waals surface area (Å²) in [5, 5.41) is 0. The summed E-state index contributed by atoms with van der Waals surface area (Å²) in [6, 6.07) is 5.80. The number of methoxy groups -OCH3 is 2. The number of imidazole rings is 1. The highest BCUT2D eigenvalue weighted by Gasteiger charge is 2.10. The molecule has 1 aromatic heterocycles. The molecule has 0 atom stereocenters. The normalized spacial score (nSPS) is 11.0. The zero-order chi connectivity index (χ0) is 12.3. The number of rotatable bonds is 5. The largest absolute Gasteiger partial charge is 0.497 e. The molecule has 1 heterocycles. The maximum absolute atomic E-state index is 5.90. The molecule has 2 aromatic rings. The molecule has 0 unspecified atom stereocenters. The number of fused-ring (bicyclic) bond motifs is 1. The summed E-state index contributed by atoms with van der Waals surface area (Å²) in [6.07, 6.45) is 0. The third-order valence-electron chi connectivity index (χ3n) is 2.67. The number of hydrogen-bond donors (Lipinski definition) is 0. The third kappa shape index (κ3) is 2.37. The van der Waals surface area contributed by atoms with E-state index in [-0.39, 0.29) is 0 Å². The highest BCUT2D eigenvalue weighted by molar-refractivity contribution is 6.16. The molecule has 0 aliphatic heterocycles. The van der Waals surface area contributed by atoms with E-state index in [0.29, 0.717) is 12.5 Å². The van der Waals surface area contributed by atoms with E-state index in [1.807, 2.05) is 18.2 Å². The highest BCUT2D eigenvalue weighted by atomic mass is 35.5. The number of benzene rings is 1. The van der Waals surface area contributed by atoms with E-state index in [0.717, 1.165) is 29.2 Å². The first-order chi connectivity index (χ1) is 8.30. The number of ether oxygens (including phenoxy) is 2. The molecule has 0 aliphatic rings. The van der Waals surface area contributed by atoms with Gasteiger partial charge >= 0.3 is 0 Å². The minimum atomic E-state index is 0.390. The second-order valence-electron chi connectivity index (χ2n) is 3.66. The van der Waals surface area contributed by atoms with Crippen LogP contribution < -0.4 is 4.74 Å². The molecule has 0 saturated carbocycles. The summed E-state index contributed by atoms with van der Waals surface area (Å²) in [6.45, 7) is 1.37. The molecule has 0 fully saturated rings. The van der Waals surface area contributed by atoms with Crippen LogP contribution in [0.15, 0.2) is 18.2 Å². The Labute approximate surface area is 105 Å². The van der Waals surface area contributed by atoms with Crippen molar-refractivity contribution >= 4 is 22.6 Å². The molecule has 17 heavy (non-hydrogen) atoms. The second kappa shape index (κ2) is 5.38. The maximum atomic E-state index is 5.90. The molecular weight excluding hydrogens is 240 g/mol. The minimum absolute atomic E-state index is 0.390. The van der Waals surface area contributed by atoms with Crippen molar-refractivity contribution in [3.63, 3.8) is 0 Å². The van der Waals surface area contributed by atoms with Gasteiger partial charge in [-0.15, -0.1) is 11.6 Å². The maximum Gasteiger partial charge on any atom is 0.124 e. The molecule has 0 N–H and O–H groups in total. The molecule has 0 aliphatic carbocycles. The van der Waals surface area contributed by atoms with Gasteiger partial charge in [0, 0.05) is 19.7 Å². The smallest absolute Gasteiger partial charge is 0.124 e. The molecule has 92 valence electrons. The van der Waals surface area contributed by atoms with Crippen LogP contribution in [0.1, 0.15) is 5.82 Å². The first-order valence-electron chi connectivity index (χ1n) is 5.38. The number of nitrogens with zero attached hydrogens (tertiary/aromatic N) is 2. The van der Waals surface area contributed by atoms with E-state index in [4.69, 9.17) is 21.1 Å². The van der Waals surface area contributed by atoms with Crippen molar-refractivity contribution in [2.45, 2.75) is 12.4 Å². The van der Waals surface area contributed by atoms with E-state index in [2.05, 4.69) is 9.55 Å². The molecule has 0 amide bonds. The van der Waals surface area contributed by atoms with Gasteiger partial charge in [-0.05, 0) is 12.1 Å². The number of alkyl halides is 1. The summed E-state index contributed by atoms with van der Waals surface area (Å²) in [4.78, 5) is 4.48. The molecule has 1 aromatic carbocycles. The van der Waals surface area contributed by atoms with E-state index in [1.165, 1.54) is 0 Å². The zero-order valence-corrected chi connectivity index (χ0v) is 10.7. The number of hydrogen-bond acceptors (Lipinski definition) is 3. The molecule has 0 saturated heterocycles. The summed E-state index contributed by atoms with van der Waals surface area (Å²) >= 11 is 5.90. The van der Waals surface area contributed by atoms with Crippen molar-refractivity contribution in [2.75, 3.05) is 20.8 Å². The van der Waals surface area contributed by atoms with Crippen molar-refractivity contribution in [1.82, 2.24) is 9.55 Å². The molecule has 4 nitrogen and oxygen atoms in total. The van der Waals surface area contributed by atoms with Crippen LogP contribution in [0.5, 0.6) is 5.75 Å². The van der Waals surface area contributed by atoms with E-state index in [9.17, 15) is 0 Å². The Hall–Kier alpha value is -1.26. The first kappa shape index (κ1) is 12.2. The second-order valence-corrected chi connectivity index (χ2v) is 3.93. The Bertz CT molecular complexity index is 510. The van der Waals surface area contributed by atoms with Crippen LogP contribution in [-0.4, -0.2) is 30.4 Å². The van der Waals surface area contributed by atoms with Gasteiger partial charge in [0.1, 0.15) is 11.6 Å². The lowest BCUT2D eigenvalue weighted by atomic mass is 10.3. The van der Waals surface area contributed by atoms with Crippen LogP contribution in [0.2, 0.25) is 0 Å². The summed E-state index contributed by atoms with van der Waals surface area (Å²) in [5.74, 6) is 2.06. The molecule has 0 radical (unpaired) electrons. The average Bonchev–Trinajstić information content (AvgIpc) is 2.73. The van der Waals surface area contributed by atoms with Crippen LogP contribution in [0.3, 0.4) is 0 Å². The SMILES string of the molecule is COCCn1c(CCl)nc2ccc(OC)cc21. The predicted octanol–water partition coefficient (Wildman–Crippen LogP) is 2.43. The van der Waals surface area contributed by atoms with E-state index >= 15 is 0 Å². The van der Waals surface area contributed by atoms with Crippen molar-refractivity contribution < 1.29 is 9.47 Å². The Morgan fingerprint density at radius 2 is 2.18 bits per heavy atom. The average molecular weight is 255 g/mol. The third-order valence-corrected chi connectivity index (χ3v) is 2.91. The van der Waals surface area contributed by atoms with Crippen LogP contribution >= 0.6 is 11.6 Å². The van der Waals surface area contributed by atoms with E-state index < -0.39 is 0 Å². The van der Waals surface area contributed by atoms with Crippen LogP contribution in [0, 0.1) is 0 Å². The Kier molecular flexibility index (Phi) is 3.86. The Morgan fingerprint density at radius 1 is 1.35 bits per heavy atom. The molecule has 0 spiro atoms. The Morgan fingerprint density at radius 3 is 2.82 bits per heavy atom. The van der Waals surface area contributed by atoms with E-state index in [1.54, 1.807) is 14.2 Å². The van der Waals surface area contributed by atoms with Crippen molar-refractivity contribution in [2.24, 2.45) is 0 Å². The topological polar surface area (TPSA) is 36.3 Å². The van der Waals surface area contributed by atoms with Gasteiger partial charge in [0.2, 0.25) is 0 Å². The standard InChI is InChI=1S/C12H15ClN2O2/c1-16-6-5-15-11-7-9(17-2)3-4-10(11)14-12(15)8-13/h3-4,7H,5-6,8H2,1-2H3. The fourth-order valence-electron chi connectivity index (χ4n) is 1.81. The number of aromatic nitrogens is 2. The van der Waals surface area contributed by atoms with Crippen LogP contribution in [-0.2, 0) is 17.2 Å². The minimum Gasteiger partial charge on any atom is -0.497 e. The lowest BCUT2D eigenvalue weighted by Gasteiger charge is -2.07. The first-order valence-corrected chi connectivity index (χ1v) is 5.91. The van der Waals surface area contributed by atoms with Gasteiger partial charge < -0.3 is 14.0 Å². The van der Waals surface area contributed by atoms with Gasteiger partial charge in [-0.1, -0.05) is 0 Å². The predicted molar refractivity (Wildman–Crippen MR) is 67.7 cm³/mol. The molecular formula is C12H15ClN2O2. The van der Waals surface area contributed by atoms with Crippen molar-refractivity contribution in [3.05, 3.63) is 24.0 Å². The van der Waals surface area contributed by atoms with Gasteiger partial charge in [0.05, 0.1) is 30.6 Å². The van der Waals surface area contributed by atoms with Crippen LogP contribution in [0.4, 0.5) is 0 Å². The van der Waals surface area contributed by atoms with Crippen LogP contribution in [0.25, 0.3) is 11.0 Å². The number of halogens is 1. The summed E-state index contributed by atoms with van der Waals surface area (Å²) < 4.78 is 12.4. The quantitative estimate of drug-likeness (QED) is 0.769. The van der Waals surface area contributed by atoms with Gasteiger partial charge in [0.15, 0.2) is 0 Å². The van der Waals surface area contributed by atoms with Gasteiger partial charge in [-0.3, -0.25) is 0 Å². The molecule has 0 bridgehead atoms. The zero-order valence-electron chi connectivity index (χ0n) is 9.94. The lowest BCUT2D eigenvalue weighted by molar-refractivity contribution is 0.187. The van der Waals surface area contributed by atoms with Gasteiger partial charge in [0.25, 0.3) is 0 Å². The fraction of sp³-hybridized carbons (Fsp3) is 0.417. The lowest BCUT2D eigenvalue weighted by Crippen LogP contribution is -2.07. The summed E-state index contributed by atoms with van der Waals surface area (Å²) in [7, 11) is 3.33. The highest BCUT2D eigenvalue weighted by Crippen LogP contribution is 2.22. The molecule has 2 rings (SSSR count). The fourth-order valence-corrected chi connectivity index (χ4v) is 2.02. The van der Waals surface area contributed by atoms with Crippen molar-refractivity contribution in [3.8, 4) is 5.75 Å². The molecule has 5 heteroatoms. The van der Waals surface area contributed by atoms with Crippen molar-refractivity contribution in [1.29, 1.82) is 0 Å². The Balaban J connectivity index is 2.50. The summed E-state index contributed by atoms with van der Waals surface area (Å²) in [5.41, 5.74) is 1.95. The van der Waals surface area contributed by atoms with Gasteiger partial charge in [-0.25, -0.2) is 4.98 Å².